The Hall–Kier alpha value is -3.44. The normalized spacial score (nSPS) is 10.7. The Morgan fingerprint density at radius 2 is 2.27 bits per heavy atom. The summed E-state index contributed by atoms with van der Waals surface area (Å²) in [6, 6.07) is 11.5. The Bertz CT molecular complexity index is 1070. The zero-order valence-corrected chi connectivity index (χ0v) is 14.4. The summed E-state index contributed by atoms with van der Waals surface area (Å²) in [5, 5.41) is 19.2. The van der Waals surface area contributed by atoms with E-state index in [2.05, 4.69) is 21.5 Å². The average Bonchev–Trinajstić information content (AvgIpc) is 3.38. The summed E-state index contributed by atoms with van der Waals surface area (Å²) in [7, 11) is 0. The van der Waals surface area contributed by atoms with Gasteiger partial charge in [0.25, 0.3) is 5.91 Å². The van der Waals surface area contributed by atoms with Gasteiger partial charge < -0.3 is 4.42 Å². The van der Waals surface area contributed by atoms with E-state index in [0.717, 1.165) is 11.0 Å². The van der Waals surface area contributed by atoms with Gasteiger partial charge in [-0.05, 0) is 12.1 Å². The van der Waals surface area contributed by atoms with Crippen LogP contribution in [0.15, 0.2) is 52.5 Å². The number of aromatic nitrogens is 3. The number of furan rings is 1. The maximum Gasteiger partial charge on any atom is 0.261 e. The molecule has 0 fully saturated rings. The van der Waals surface area contributed by atoms with E-state index in [0.29, 0.717) is 35.1 Å². The lowest BCUT2D eigenvalue weighted by atomic mass is 10.2. The predicted molar refractivity (Wildman–Crippen MR) is 97.7 cm³/mol. The Balaban J connectivity index is 1.75. The van der Waals surface area contributed by atoms with E-state index in [9.17, 15) is 4.79 Å². The lowest BCUT2D eigenvalue weighted by molar-refractivity contribution is 0.102. The molecule has 1 amide bonds. The first-order chi connectivity index (χ1) is 12.7. The number of nitriles is 1. The number of amides is 1. The number of aryl methyl sites for hydroxylation is 1. The summed E-state index contributed by atoms with van der Waals surface area (Å²) < 4.78 is 7.45. The van der Waals surface area contributed by atoms with Crippen LogP contribution in [0.3, 0.4) is 0 Å². The molecule has 0 spiro atoms. The van der Waals surface area contributed by atoms with Gasteiger partial charge in [0, 0.05) is 23.2 Å². The second kappa shape index (κ2) is 6.82. The van der Waals surface area contributed by atoms with Gasteiger partial charge >= 0.3 is 0 Å². The monoisotopic (exact) mass is 363 g/mol. The maximum atomic E-state index is 12.7. The third kappa shape index (κ3) is 3.08. The van der Waals surface area contributed by atoms with Crippen LogP contribution in [0.4, 0.5) is 5.13 Å². The number of fused-ring (bicyclic) bond motifs is 1. The van der Waals surface area contributed by atoms with Crippen molar-refractivity contribution in [1.82, 2.24) is 14.8 Å². The molecule has 0 unspecified atom stereocenters. The molecule has 0 saturated carbocycles. The number of nitrogens with one attached hydrogen (secondary N) is 1. The van der Waals surface area contributed by atoms with Crippen molar-refractivity contribution in [2.75, 3.05) is 5.32 Å². The van der Waals surface area contributed by atoms with Crippen molar-refractivity contribution in [3.63, 3.8) is 0 Å². The van der Waals surface area contributed by atoms with E-state index in [1.807, 2.05) is 30.3 Å². The fourth-order valence-electron chi connectivity index (χ4n) is 2.60. The van der Waals surface area contributed by atoms with Gasteiger partial charge in [-0.1, -0.05) is 18.2 Å². The average molecular weight is 363 g/mol. The second-order valence-electron chi connectivity index (χ2n) is 5.50. The molecule has 7 nitrogen and oxygen atoms in total. The summed E-state index contributed by atoms with van der Waals surface area (Å²) >= 11 is 1.34. The number of rotatable bonds is 5. The minimum absolute atomic E-state index is 0.300. The third-order valence-corrected chi connectivity index (χ3v) is 4.46. The molecule has 1 aromatic carbocycles. The summed E-state index contributed by atoms with van der Waals surface area (Å²) in [4.78, 5) is 16.8. The number of benzene rings is 1. The highest BCUT2D eigenvalue weighted by Gasteiger charge is 2.21. The van der Waals surface area contributed by atoms with Crippen LogP contribution >= 0.6 is 11.3 Å². The summed E-state index contributed by atoms with van der Waals surface area (Å²) in [5.41, 5.74) is 1.53. The number of carbonyl (C=O) groups excluding carboxylic acids is 1. The van der Waals surface area contributed by atoms with Crippen LogP contribution in [0.2, 0.25) is 0 Å². The van der Waals surface area contributed by atoms with Gasteiger partial charge in [-0.3, -0.25) is 14.8 Å². The van der Waals surface area contributed by atoms with Crippen molar-refractivity contribution in [3.8, 4) is 17.5 Å². The largest absolute Gasteiger partial charge is 0.454 e. The van der Waals surface area contributed by atoms with Gasteiger partial charge in [0.15, 0.2) is 10.9 Å². The summed E-state index contributed by atoms with van der Waals surface area (Å²) in [5.74, 6) is 0.185. The molecule has 3 heterocycles. The molecule has 1 N–H and O–H groups in total. The zero-order chi connectivity index (χ0) is 17.9. The molecular formula is C18H13N5O2S. The lowest BCUT2D eigenvalue weighted by Crippen LogP contribution is -2.12. The van der Waals surface area contributed by atoms with Crippen LogP contribution in [0.25, 0.3) is 22.4 Å². The Morgan fingerprint density at radius 1 is 1.38 bits per heavy atom. The van der Waals surface area contributed by atoms with Crippen molar-refractivity contribution in [2.24, 2.45) is 0 Å². The molecule has 4 aromatic rings. The number of hydrogen-bond acceptors (Lipinski definition) is 6. The molecular weight excluding hydrogens is 350 g/mol. The molecule has 26 heavy (non-hydrogen) atoms. The Kier molecular flexibility index (Phi) is 4.21. The van der Waals surface area contributed by atoms with Crippen LogP contribution in [0.5, 0.6) is 0 Å². The summed E-state index contributed by atoms with van der Waals surface area (Å²) in [6.45, 7) is 0.397. The smallest absolute Gasteiger partial charge is 0.261 e. The lowest BCUT2D eigenvalue weighted by Gasteiger charge is -2.00. The highest BCUT2D eigenvalue weighted by molar-refractivity contribution is 7.13. The topological polar surface area (TPSA) is 96.7 Å². The maximum absolute atomic E-state index is 12.7. The Morgan fingerprint density at radius 3 is 3.04 bits per heavy atom. The number of anilines is 1. The first-order valence-corrected chi connectivity index (χ1v) is 8.77. The molecule has 3 aromatic heterocycles. The fourth-order valence-corrected chi connectivity index (χ4v) is 3.12. The number of hydrogen-bond donors (Lipinski definition) is 1. The molecule has 8 heteroatoms. The van der Waals surface area contributed by atoms with Crippen LogP contribution < -0.4 is 5.32 Å². The number of carbonyl (C=O) groups is 1. The van der Waals surface area contributed by atoms with E-state index in [4.69, 9.17) is 9.68 Å². The minimum Gasteiger partial charge on any atom is -0.454 e. The molecule has 0 saturated heterocycles. The van der Waals surface area contributed by atoms with Gasteiger partial charge in [-0.15, -0.1) is 11.3 Å². The highest BCUT2D eigenvalue weighted by Crippen LogP contribution is 2.29. The zero-order valence-electron chi connectivity index (χ0n) is 13.5. The minimum atomic E-state index is -0.321. The van der Waals surface area contributed by atoms with E-state index in [1.165, 1.54) is 11.3 Å². The molecule has 0 atom stereocenters. The van der Waals surface area contributed by atoms with Gasteiger partial charge in [0.05, 0.1) is 24.6 Å². The first kappa shape index (κ1) is 16.1. The first-order valence-electron chi connectivity index (χ1n) is 7.89. The van der Waals surface area contributed by atoms with Crippen molar-refractivity contribution >= 4 is 33.3 Å². The SMILES string of the molecule is N#CCCn1cc(C(=O)Nc2nccs2)c(-c2cc3ccccc3o2)n1. The molecule has 0 aliphatic carbocycles. The van der Waals surface area contributed by atoms with Gasteiger partial charge in [-0.25, -0.2) is 4.98 Å². The number of thiazole rings is 1. The van der Waals surface area contributed by atoms with Crippen molar-refractivity contribution in [2.45, 2.75) is 13.0 Å². The quantitative estimate of drug-likeness (QED) is 0.580. The molecule has 128 valence electrons. The van der Waals surface area contributed by atoms with Gasteiger partial charge in [-0.2, -0.15) is 10.4 Å². The van der Waals surface area contributed by atoms with Crippen LogP contribution in [-0.4, -0.2) is 20.7 Å². The van der Waals surface area contributed by atoms with Gasteiger partial charge in [0.2, 0.25) is 0 Å². The second-order valence-corrected chi connectivity index (χ2v) is 6.40. The van der Waals surface area contributed by atoms with Crippen molar-refractivity contribution in [3.05, 3.63) is 53.7 Å². The van der Waals surface area contributed by atoms with E-state index < -0.39 is 0 Å². The molecule has 4 rings (SSSR count). The number of nitrogens with zero attached hydrogens (tertiary/aromatic N) is 4. The van der Waals surface area contributed by atoms with E-state index in [-0.39, 0.29) is 5.91 Å². The van der Waals surface area contributed by atoms with Gasteiger partial charge in [0.1, 0.15) is 11.3 Å². The van der Waals surface area contributed by atoms with E-state index in [1.54, 1.807) is 22.5 Å². The molecule has 0 radical (unpaired) electrons. The molecule has 0 aliphatic rings. The summed E-state index contributed by atoms with van der Waals surface area (Å²) in [6.07, 6.45) is 3.55. The standard InChI is InChI=1S/C18H13N5O2S/c19-6-3-8-23-11-13(17(24)21-18-20-7-9-26-18)16(22-23)15-10-12-4-1-2-5-14(12)25-15/h1-2,4-5,7,9-11H,3,8H2,(H,20,21,24). The van der Waals surface area contributed by atoms with Crippen molar-refractivity contribution in [1.29, 1.82) is 5.26 Å². The highest BCUT2D eigenvalue weighted by atomic mass is 32.1. The molecule has 0 bridgehead atoms. The third-order valence-electron chi connectivity index (χ3n) is 3.77. The number of para-hydroxylation sites is 1. The van der Waals surface area contributed by atoms with Crippen LogP contribution in [0, 0.1) is 11.3 Å². The van der Waals surface area contributed by atoms with Crippen molar-refractivity contribution < 1.29 is 9.21 Å². The van der Waals surface area contributed by atoms with Crippen LogP contribution in [0.1, 0.15) is 16.8 Å². The predicted octanol–water partition coefficient (Wildman–Crippen LogP) is 3.92. The fraction of sp³-hybridized carbons (Fsp3) is 0.111. The van der Waals surface area contributed by atoms with E-state index >= 15 is 0 Å². The molecule has 0 aliphatic heterocycles. The van der Waals surface area contributed by atoms with Crippen LogP contribution in [-0.2, 0) is 6.54 Å². The Labute approximate surface area is 152 Å².